The van der Waals surface area contributed by atoms with E-state index in [0.29, 0.717) is 13.2 Å². The summed E-state index contributed by atoms with van der Waals surface area (Å²) in [4.78, 5) is 0. The van der Waals surface area contributed by atoms with Crippen LogP contribution in [0.5, 0.6) is 0 Å². The van der Waals surface area contributed by atoms with E-state index in [1.54, 1.807) is 0 Å². The molecule has 0 saturated carbocycles. The molecule has 0 bridgehead atoms. The van der Waals surface area contributed by atoms with Crippen LogP contribution in [0.2, 0.25) is 0 Å². The molecule has 4 nitrogen and oxygen atoms in total. The first-order valence-electron chi connectivity index (χ1n) is 5.43. The third-order valence-electron chi connectivity index (χ3n) is 1.84. The van der Waals surface area contributed by atoms with Crippen molar-refractivity contribution in [2.24, 2.45) is 0 Å². The summed E-state index contributed by atoms with van der Waals surface area (Å²) < 4.78 is 22.2. The van der Waals surface area contributed by atoms with Gasteiger partial charge in [-0.15, -0.1) is 0 Å². The van der Waals surface area contributed by atoms with E-state index in [1.165, 1.54) is 0 Å². The molecule has 0 aromatic heterocycles. The smallest absolute Gasteiger partial charge is 0.308 e. The fourth-order valence-corrected chi connectivity index (χ4v) is 2.16. The molecule has 88 valence electrons. The Morgan fingerprint density at radius 2 is 1.60 bits per heavy atom. The molecule has 0 radical (unpaired) electrons. The zero-order chi connectivity index (χ0) is 11.6. The quantitative estimate of drug-likeness (QED) is 0.452. The highest BCUT2D eigenvalue weighted by molar-refractivity contribution is 7.54. The van der Waals surface area contributed by atoms with Gasteiger partial charge < -0.3 is 9.05 Å². The molecule has 0 spiro atoms. The molecule has 0 unspecified atom stereocenters. The van der Waals surface area contributed by atoms with Gasteiger partial charge in [-0.25, -0.2) is 0 Å². The van der Waals surface area contributed by atoms with Crippen molar-refractivity contribution in [1.29, 1.82) is 5.26 Å². The highest BCUT2D eigenvalue weighted by atomic mass is 31.2. The highest BCUT2D eigenvalue weighted by Gasteiger charge is 2.23. The van der Waals surface area contributed by atoms with Crippen LogP contribution in [0.3, 0.4) is 0 Å². The maximum atomic E-state index is 11.9. The van der Waals surface area contributed by atoms with Crippen molar-refractivity contribution in [1.82, 2.24) is 0 Å². The Balaban J connectivity index is 3.96. The highest BCUT2D eigenvalue weighted by Crippen LogP contribution is 2.47. The van der Waals surface area contributed by atoms with Gasteiger partial charge in [0.1, 0.15) is 6.16 Å². The van der Waals surface area contributed by atoms with Crippen LogP contribution in [0.1, 0.15) is 39.5 Å². The Morgan fingerprint density at radius 3 is 1.93 bits per heavy atom. The third-order valence-corrected chi connectivity index (χ3v) is 3.52. The average Bonchev–Trinajstić information content (AvgIpc) is 2.19. The average molecular weight is 233 g/mol. The van der Waals surface area contributed by atoms with E-state index < -0.39 is 7.60 Å². The lowest BCUT2D eigenvalue weighted by atomic mass is 10.4. The molecule has 0 atom stereocenters. The van der Waals surface area contributed by atoms with Crippen molar-refractivity contribution >= 4 is 7.60 Å². The predicted octanol–water partition coefficient (Wildman–Crippen LogP) is 3.34. The van der Waals surface area contributed by atoms with E-state index in [-0.39, 0.29) is 6.16 Å². The minimum atomic E-state index is -3.14. The number of hydrogen-bond acceptors (Lipinski definition) is 4. The first-order chi connectivity index (χ1) is 7.18. The van der Waals surface area contributed by atoms with Gasteiger partial charge in [-0.3, -0.25) is 4.57 Å². The van der Waals surface area contributed by atoms with Crippen LogP contribution in [0.25, 0.3) is 0 Å². The Morgan fingerprint density at radius 1 is 1.13 bits per heavy atom. The van der Waals surface area contributed by atoms with Crippen LogP contribution in [-0.2, 0) is 13.6 Å². The van der Waals surface area contributed by atoms with Crippen molar-refractivity contribution in [2.45, 2.75) is 39.5 Å². The number of nitrogens with zero attached hydrogens (tertiary/aromatic N) is 1. The second-order valence-electron chi connectivity index (χ2n) is 3.30. The first-order valence-corrected chi connectivity index (χ1v) is 7.16. The van der Waals surface area contributed by atoms with Gasteiger partial charge in [0.25, 0.3) is 0 Å². The van der Waals surface area contributed by atoms with Crippen LogP contribution in [0.4, 0.5) is 0 Å². The largest absolute Gasteiger partial charge is 0.344 e. The molecule has 15 heavy (non-hydrogen) atoms. The third kappa shape index (κ3) is 7.56. The fourth-order valence-electron chi connectivity index (χ4n) is 0.911. The lowest BCUT2D eigenvalue weighted by Gasteiger charge is -2.15. The van der Waals surface area contributed by atoms with E-state index in [9.17, 15) is 4.57 Å². The molecule has 0 aliphatic carbocycles. The Bertz CT molecular complexity index is 223. The maximum absolute atomic E-state index is 11.9. The van der Waals surface area contributed by atoms with Gasteiger partial charge in [-0.05, 0) is 12.8 Å². The molecular formula is C10H20NO3P. The van der Waals surface area contributed by atoms with E-state index in [1.807, 2.05) is 19.9 Å². The van der Waals surface area contributed by atoms with E-state index >= 15 is 0 Å². The predicted molar refractivity (Wildman–Crippen MR) is 59.8 cm³/mol. The molecule has 0 N–H and O–H groups in total. The maximum Gasteiger partial charge on any atom is 0.344 e. The number of unbranched alkanes of at least 4 members (excludes halogenated alkanes) is 2. The lowest BCUT2D eigenvalue weighted by Crippen LogP contribution is -2.01. The molecule has 0 aliphatic heterocycles. The van der Waals surface area contributed by atoms with Gasteiger partial charge in [0.05, 0.1) is 19.3 Å². The molecule has 0 aliphatic rings. The van der Waals surface area contributed by atoms with Gasteiger partial charge in [0.15, 0.2) is 0 Å². The molecule has 0 heterocycles. The summed E-state index contributed by atoms with van der Waals surface area (Å²) in [5, 5.41) is 8.53. The van der Waals surface area contributed by atoms with Crippen LogP contribution >= 0.6 is 7.60 Å². The van der Waals surface area contributed by atoms with Crippen molar-refractivity contribution in [3.8, 4) is 6.07 Å². The minimum absolute atomic E-state index is 0.152. The van der Waals surface area contributed by atoms with Gasteiger partial charge >= 0.3 is 7.60 Å². The topological polar surface area (TPSA) is 59.3 Å². The lowest BCUT2D eigenvalue weighted by molar-refractivity contribution is 0.202. The van der Waals surface area contributed by atoms with Crippen molar-refractivity contribution in [3.05, 3.63) is 0 Å². The normalized spacial score (nSPS) is 11.3. The standard InChI is InChI=1S/C10H20NO3P/c1-3-5-8-13-15(12,10-7-11)14-9-6-4-2/h3-6,8-10H2,1-2H3. The van der Waals surface area contributed by atoms with Crippen LogP contribution in [-0.4, -0.2) is 19.4 Å². The minimum Gasteiger partial charge on any atom is -0.308 e. The van der Waals surface area contributed by atoms with E-state index in [4.69, 9.17) is 14.3 Å². The molecule has 0 amide bonds. The van der Waals surface area contributed by atoms with E-state index in [0.717, 1.165) is 25.7 Å². The Kier molecular flexibility index (Phi) is 8.70. The summed E-state index contributed by atoms with van der Waals surface area (Å²) in [5.74, 6) is 0. The summed E-state index contributed by atoms with van der Waals surface area (Å²) >= 11 is 0. The number of nitriles is 1. The molecule has 0 saturated heterocycles. The SMILES string of the molecule is CCCCOP(=O)(CC#N)OCCCC. The molecule has 0 rings (SSSR count). The summed E-state index contributed by atoms with van der Waals surface area (Å²) in [5.41, 5.74) is 0. The summed E-state index contributed by atoms with van der Waals surface area (Å²) in [6.07, 6.45) is 3.47. The second kappa shape index (κ2) is 8.91. The zero-order valence-corrected chi connectivity index (χ0v) is 10.5. The molecule has 0 aromatic carbocycles. The van der Waals surface area contributed by atoms with Crippen molar-refractivity contribution in [3.63, 3.8) is 0 Å². The molecule has 0 aromatic rings. The van der Waals surface area contributed by atoms with E-state index in [2.05, 4.69) is 0 Å². The monoisotopic (exact) mass is 233 g/mol. The van der Waals surface area contributed by atoms with Crippen molar-refractivity contribution in [2.75, 3.05) is 19.4 Å². The zero-order valence-electron chi connectivity index (χ0n) is 9.57. The molecular weight excluding hydrogens is 213 g/mol. The second-order valence-corrected chi connectivity index (χ2v) is 5.36. The summed E-state index contributed by atoms with van der Waals surface area (Å²) in [7, 11) is -3.14. The molecule has 5 heteroatoms. The number of rotatable bonds is 9. The molecule has 0 fully saturated rings. The Hall–Kier alpha value is -0.360. The summed E-state index contributed by atoms with van der Waals surface area (Å²) in [6.45, 7) is 4.86. The first kappa shape index (κ1) is 14.6. The van der Waals surface area contributed by atoms with Gasteiger partial charge in [-0.2, -0.15) is 5.26 Å². The van der Waals surface area contributed by atoms with Crippen LogP contribution in [0.15, 0.2) is 0 Å². The van der Waals surface area contributed by atoms with Gasteiger partial charge in [-0.1, -0.05) is 26.7 Å². The Labute approximate surface area is 92.1 Å². The van der Waals surface area contributed by atoms with Crippen LogP contribution < -0.4 is 0 Å². The fraction of sp³-hybridized carbons (Fsp3) is 0.900. The van der Waals surface area contributed by atoms with Gasteiger partial charge in [0, 0.05) is 0 Å². The summed E-state index contributed by atoms with van der Waals surface area (Å²) in [6, 6.07) is 1.85. The van der Waals surface area contributed by atoms with Crippen molar-refractivity contribution < 1.29 is 13.6 Å². The number of hydrogen-bond donors (Lipinski definition) is 0. The van der Waals surface area contributed by atoms with Gasteiger partial charge in [0.2, 0.25) is 0 Å². The van der Waals surface area contributed by atoms with Crippen LogP contribution in [0, 0.1) is 11.3 Å².